The number of esters is 1. The van der Waals surface area contributed by atoms with Gasteiger partial charge in [0.05, 0.1) is 42.9 Å². The van der Waals surface area contributed by atoms with Gasteiger partial charge in [-0.15, -0.1) is 0 Å². The first-order chi connectivity index (χ1) is 11.5. The summed E-state index contributed by atoms with van der Waals surface area (Å²) in [6, 6.07) is 2.03. The van der Waals surface area contributed by atoms with Crippen molar-refractivity contribution in [1.29, 1.82) is 0 Å². The van der Waals surface area contributed by atoms with Gasteiger partial charge in [-0.05, 0) is 39.3 Å². The second-order valence-electron chi connectivity index (χ2n) is 6.54. The van der Waals surface area contributed by atoms with Crippen molar-refractivity contribution < 1.29 is 14.3 Å². The first-order valence-electron chi connectivity index (χ1n) is 8.47. The van der Waals surface area contributed by atoms with E-state index in [1.54, 1.807) is 6.20 Å². The molecule has 0 radical (unpaired) electrons. The van der Waals surface area contributed by atoms with E-state index in [-0.39, 0.29) is 18.1 Å². The average molecular weight is 331 g/mol. The fourth-order valence-electron chi connectivity index (χ4n) is 3.33. The van der Waals surface area contributed by atoms with Crippen molar-refractivity contribution in [3.63, 3.8) is 0 Å². The van der Waals surface area contributed by atoms with Crippen LogP contribution >= 0.6 is 0 Å². The summed E-state index contributed by atoms with van der Waals surface area (Å²) in [6.07, 6.45) is 3.45. The van der Waals surface area contributed by atoms with E-state index in [0.29, 0.717) is 5.56 Å². The summed E-state index contributed by atoms with van der Waals surface area (Å²) in [7, 11) is 0. The van der Waals surface area contributed by atoms with Crippen LogP contribution in [0.3, 0.4) is 0 Å². The quantitative estimate of drug-likeness (QED) is 0.806. The van der Waals surface area contributed by atoms with Gasteiger partial charge >= 0.3 is 5.97 Å². The summed E-state index contributed by atoms with van der Waals surface area (Å²) in [5, 5.41) is 0. The molecule has 6 nitrogen and oxygen atoms in total. The van der Waals surface area contributed by atoms with Crippen molar-refractivity contribution >= 4 is 11.5 Å². The van der Waals surface area contributed by atoms with E-state index >= 15 is 0 Å². The van der Waals surface area contributed by atoms with Gasteiger partial charge in [-0.2, -0.15) is 0 Å². The molecule has 2 aromatic rings. The van der Waals surface area contributed by atoms with Crippen LogP contribution in [-0.2, 0) is 9.47 Å². The Morgan fingerprint density at radius 2 is 2.00 bits per heavy atom. The largest absolute Gasteiger partial charge is 0.459 e. The van der Waals surface area contributed by atoms with Gasteiger partial charge in [-0.1, -0.05) is 0 Å². The molecule has 0 amide bonds. The third-order valence-corrected chi connectivity index (χ3v) is 4.56. The maximum atomic E-state index is 12.5. The Labute approximate surface area is 142 Å². The van der Waals surface area contributed by atoms with Gasteiger partial charge < -0.3 is 13.9 Å². The van der Waals surface area contributed by atoms with E-state index in [4.69, 9.17) is 9.47 Å². The third kappa shape index (κ3) is 3.16. The normalized spacial score (nSPS) is 17.4. The number of hydrogen-bond acceptors (Lipinski definition) is 5. The molecule has 0 spiro atoms. The highest BCUT2D eigenvalue weighted by molar-refractivity contribution is 5.93. The molecule has 0 saturated carbocycles. The SMILES string of the molecule is Cc1c(C(=O)OC(C)C)cc2cncn2c1C(C)N1CCOCC1. The molecule has 3 heterocycles. The van der Waals surface area contributed by atoms with Gasteiger partial charge in [0, 0.05) is 24.8 Å². The number of hydrogen-bond donors (Lipinski definition) is 0. The van der Waals surface area contributed by atoms with Crippen LogP contribution in [0.15, 0.2) is 18.6 Å². The van der Waals surface area contributed by atoms with Crippen LogP contribution < -0.4 is 0 Å². The number of aromatic nitrogens is 2. The molecule has 0 aliphatic carbocycles. The lowest BCUT2D eigenvalue weighted by molar-refractivity contribution is 0.0186. The Hall–Kier alpha value is -1.92. The summed E-state index contributed by atoms with van der Waals surface area (Å²) >= 11 is 0. The Kier molecular flexibility index (Phi) is 4.87. The number of fused-ring (bicyclic) bond motifs is 1. The van der Waals surface area contributed by atoms with Gasteiger partial charge in [0.1, 0.15) is 0 Å². The van der Waals surface area contributed by atoms with Crippen molar-refractivity contribution in [2.75, 3.05) is 26.3 Å². The lowest BCUT2D eigenvalue weighted by atomic mass is 10.0. The van der Waals surface area contributed by atoms with Gasteiger partial charge in [0.2, 0.25) is 0 Å². The summed E-state index contributed by atoms with van der Waals surface area (Å²) < 4.78 is 13.0. The molecular weight excluding hydrogens is 306 g/mol. The van der Waals surface area contributed by atoms with Crippen molar-refractivity contribution in [1.82, 2.24) is 14.3 Å². The van der Waals surface area contributed by atoms with E-state index < -0.39 is 0 Å². The molecular formula is C18H25N3O3. The molecule has 24 heavy (non-hydrogen) atoms. The minimum atomic E-state index is -0.276. The maximum absolute atomic E-state index is 12.5. The van der Waals surface area contributed by atoms with E-state index in [1.165, 1.54) is 0 Å². The molecule has 0 aromatic carbocycles. The number of nitrogens with zero attached hydrogens (tertiary/aromatic N) is 3. The van der Waals surface area contributed by atoms with E-state index in [0.717, 1.165) is 43.1 Å². The molecule has 0 bridgehead atoms. The zero-order chi connectivity index (χ0) is 17.3. The standard InChI is InChI=1S/C18H25N3O3/c1-12(2)24-18(22)16-9-15-10-19-11-21(15)17(13(16)3)14(4)20-5-7-23-8-6-20/h9-12,14H,5-8H2,1-4H3. The number of imidazole rings is 1. The lowest BCUT2D eigenvalue weighted by Gasteiger charge is -2.33. The van der Waals surface area contributed by atoms with Gasteiger partial charge in [0.15, 0.2) is 0 Å². The van der Waals surface area contributed by atoms with Gasteiger partial charge in [-0.25, -0.2) is 9.78 Å². The first-order valence-corrected chi connectivity index (χ1v) is 8.47. The predicted octanol–water partition coefficient (Wildman–Crippen LogP) is 2.60. The highest BCUT2D eigenvalue weighted by atomic mass is 16.5. The molecule has 1 aliphatic heterocycles. The number of rotatable bonds is 4. The van der Waals surface area contributed by atoms with Crippen LogP contribution in [0, 0.1) is 6.92 Å². The molecule has 1 fully saturated rings. The Morgan fingerprint density at radius 3 is 2.67 bits per heavy atom. The smallest absolute Gasteiger partial charge is 0.338 e. The lowest BCUT2D eigenvalue weighted by Crippen LogP contribution is -2.39. The molecule has 1 saturated heterocycles. The second-order valence-corrected chi connectivity index (χ2v) is 6.54. The molecule has 0 N–H and O–H groups in total. The van der Waals surface area contributed by atoms with Gasteiger partial charge in [-0.3, -0.25) is 4.90 Å². The Morgan fingerprint density at radius 1 is 1.29 bits per heavy atom. The topological polar surface area (TPSA) is 56.1 Å². The zero-order valence-corrected chi connectivity index (χ0v) is 14.8. The summed E-state index contributed by atoms with van der Waals surface area (Å²) in [5.74, 6) is -0.276. The predicted molar refractivity (Wildman–Crippen MR) is 91.3 cm³/mol. The summed E-state index contributed by atoms with van der Waals surface area (Å²) in [5.41, 5.74) is 3.56. The van der Waals surface area contributed by atoms with E-state index in [9.17, 15) is 4.79 Å². The molecule has 1 unspecified atom stereocenters. The van der Waals surface area contributed by atoms with E-state index in [1.807, 2.05) is 33.2 Å². The van der Waals surface area contributed by atoms with Crippen molar-refractivity contribution in [3.05, 3.63) is 35.4 Å². The summed E-state index contributed by atoms with van der Waals surface area (Å²) in [6.45, 7) is 11.1. The minimum Gasteiger partial charge on any atom is -0.459 e. The second kappa shape index (κ2) is 6.91. The summed E-state index contributed by atoms with van der Waals surface area (Å²) in [4.78, 5) is 19.1. The highest BCUT2D eigenvalue weighted by Crippen LogP contribution is 2.28. The van der Waals surface area contributed by atoms with Crippen LogP contribution in [0.25, 0.3) is 5.52 Å². The maximum Gasteiger partial charge on any atom is 0.338 e. The minimum absolute atomic E-state index is 0.141. The molecule has 6 heteroatoms. The van der Waals surface area contributed by atoms with Crippen molar-refractivity contribution in [2.24, 2.45) is 0 Å². The first kappa shape index (κ1) is 16.9. The van der Waals surface area contributed by atoms with Crippen LogP contribution in [0.5, 0.6) is 0 Å². The van der Waals surface area contributed by atoms with Gasteiger partial charge in [0.25, 0.3) is 0 Å². The molecule has 1 atom stereocenters. The number of carbonyl (C=O) groups is 1. The number of pyridine rings is 1. The average Bonchev–Trinajstić information content (AvgIpc) is 3.01. The van der Waals surface area contributed by atoms with Crippen molar-refractivity contribution in [2.45, 2.75) is 39.8 Å². The Balaban J connectivity index is 2.06. The number of ether oxygens (including phenoxy) is 2. The molecule has 1 aliphatic rings. The molecule has 130 valence electrons. The van der Waals surface area contributed by atoms with Crippen LogP contribution in [0.1, 0.15) is 48.4 Å². The highest BCUT2D eigenvalue weighted by Gasteiger charge is 2.25. The number of morpholine rings is 1. The Bertz CT molecular complexity index is 732. The van der Waals surface area contributed by atoms with Crippen LogP contribution in [-0.4, -0.2) is 52.7 Å². The van der Waals surface area contributed by atoms with Crippen LogP contribution in [0.4, 0.5) is 0 Å². The number of carbonyl (C=O) groups excluding carboxylic acids is 1. The fraction of sp³-hybridized carbons (Fsp3) is 0.556. The van der Waals surface area contributed by atoms with Crippen molar-refractivity contribution in [3.8, 4) is 0 Å². The molecule has 2 aromatic heterocycles. The monoisotopic (exact) mass is 331 g/mol. The fourth-order valence-corrected chi connectivity index (χ4v) is 3.33. The zero-order valence-electron chi connectivity index (χ0n) is 14.8. The van der Waals surface area contributed by atoms with E-state index in [2.05, 4.69) is 21.2 Å². The molecule has 3 rings (SSSR count). The van der Waals surface area contributed by atoms with Crippen LogP contribution in [0.2, 0.25) is 0 Å². The third-order valence-electron chi connectivity index (χ3n) is 4.56.